The Kier molecular flexibility index (Phi) is 2.35. The molecule has 0 radical (unpaired) electrons. The molecule has 14 heavy (non-hydrogen) atoms. The lowest BCUT2D eigenvalue weighted by Gasteiger charge is -2.02. The van der Waals surface area contributed by atoms with Gasteiger partial charge in [0.2, 0.25) is 6.79 Å². The lowest BCUT2D eigenvalue weighted by molar-refractivity contribution is 0.174. The molecule has 0 saturated carbocycles. The number of benzene rings is 1. The van der Waals surface area contributed by atoms with Crippen LogP contribution in [0.5, 0.6) is 11.5 Å². The summed E-state index contributed by atoms with van der Waals surface area (Å²) in [4.78, 5) is 2.66. The number of azide groups is 1. The third-order valence-corrected chi connectivity index (χ3v) is 2.20. The van der Waals surface area contributed by atoms with E-state index in [4.69, 9.17) is 26.6 Å². The summed E-state index contributed by atoms with van der Waals surface area (Å²) >= 11 is 5.92. The van der Waals surface area contributed by atoms with Crippen molar-refractivity contribution in [2.24, 2.45) is 5.11 Å². The van der Waals surface area contributed by atoms with Crippen molar-refractivity contribution in [2.75, 3.05) is 6.79 Å². The van der Waals surface area contributed by atoms with E-state index in [9.17, 15) is 0 Å². The summed E-state index contributed by atoms with van der Waals surface area (Å²) in [5, 5.41) is 3.94. The van der Waals surface area contributed by atoms with E-state index in [1.54, 1.807) is 12.1 Å². The number of ether oxygens (including phenoxy) is 2. The average molecular weight is 212 g/mol. The summed E-state index contributed by atoms with van der Waals surface area (Å²) < 4.78 is 10.3. The molecule has 6 heteroatoms. The SMILES string of the molecule is [N-]=[N+]=NCc1cc2c(cc1Cl)OCO2. The van der Waals surface area contributed by atoms with E-state index >= 15 is 0 Å². The molecule has 0 fully saturated rings. The third-order valence-electron chi connectivity index (χ3n) is 1.85. The number of fused-ring (bicyclic) bond motifs is 1. The number of hydrogen-bond acceptors (Lipinski definition) is 3. The Balaban J connectivity index is 2.36. The van der Waals surface area contributed by atoms with Crippen molar-refractivity contribution in [1.29, 1.82) is 0 Å². The van der Waals surface area contributed by atoms with Crippen LogP contribution in [-0.2, 0) is 6.54 Å². The van der Waals surface area contributed by atoms with Crippen LogP contribution in [0.3, 0.4) is 0 Å². The second kappa shape index (κ2) is 3.65. The van der Waals surface area contributed by atoms with Gasteiger partial charge in [-0.1, -0.05) is 16.7 Å². The van der Waals surface area contributed by atoms with Crippen molar-refractivity contribution in [3.63, 3.8) is 0 Å². The van der Waals surface area contributed by atoms with Crippen molar-refractivity contribution < 1.29 is 9.47 Å². The Morgan fingerprint density at radius 1 is 1.43 bits per heavy atom. The number of halogens is 1. The molecule has 1 aliphatic heterocycles. The fourth-order valence-electron chi connectivity index (χ4n) is 1.19. The van der Waals surface area contributed by atoms with E-state index in [0.717, 1.165) is 5.56 Å². The Bertz CT molecular complexity index is 415. The van der Waals surface area contributed by atoms with Crippen LogP contribution < -0.4 is 9.47 Å². The highest BCUT2D eigenvalue weighted by Gasteiger charge is 2.15. The molecule has 1 aromatic carbocycles. The molecule has 1 heterocycles. The second-order valence-electron chi connectivity index (χ2n) is 2.69. The van der Waals surface area contributed by atoms with E-state index in [0.29, 0.717) is 16.5 Å². The van der Waals surface area contributed by atoms with E-state index in [-0.39, 0.29) is 13.3 Å². The van der Waals surface area contributed by atoms with Crippen molar-refractivity contribution >= 4 is 11.6 Å². The Morgan fingerprint density at radius 2 is 2.14 bits per heavy atom. The van der Waals surface area contributed by atoms with Gasteiger partial charge in [-0.3, -0.25) is 0 Å². The predicted octanol–water partition coefficient (Wildman–Crippen LogP) is 2.88. The van der Waals surface area contributed by atoms with Crippen LogP contribution in [-0.4, -0.2) is 6.79 Å². The maximum Gasteiger partial charge on any atom is 0.231 e. The maximum atomic E-state index is 8.17. The zero-order valence-electron chi connectivity index (χ0n) is 7.11. The van der Waals surface area contributed by atoms with Crippen molar-refractivity contribution in [1.82, 2.24) is 0 Å². The monoisotopic (exact) mass is 211 g/mol. The topological polar surface area (TPSA) is 67.2 Å². The molecule has 0 aliphatic carbocycles. The fraction of sp³-hybridized carbons (Fsp3) is 0.250. The normalized spacial score (nSPS) is 12.4. The van der Waals surface area contributed by atoms with E-state index in [2.05, 4.69) is 10.0 Å². The van der Waals surface area contributed by atoms with Crippen LogP contribution in [0.25, 0.3) is 10.4 Å². The summed E-state index contributed by atoms with van der Waals surface area (Å²) in [6.07, 6.45) is 0. The fourth-order valence-corrected chi connectivity index (χ4v) is 1.40. The third kappa shape index (κ3) is 1.55. The molecule has 72 valence electrons. The lowest BCUT2D eigenvalue weighted by Crippen LogP contribution is -1.92. The second-order valence-corrected chi connectivity index (χ2v) is 3.09. The highest BCUT2D eigenvalue weighted by atomic mass is 35.5. The Morgan fingerprint density at radius 3 is 2.86 bits per heavy atom. The minimum Gasteiger partial charge on any atom is -0.454 e. The largest absolute Gasteiger partial charge is 0.454 e. The van der Waals surface area contributed by atoms with Gasteiger partial charge in [0.15, 0.2) is 11.5 Å². The van der Waals surface area contributed by atoms with Gasteiger partial charge in [-0.25, -0.2) is 0 Å². The van der Waals surface area contributed by atoms with Crippen molar-refractivity contribution in [2.45, 2.75) is 6.54 Å². The van der Waals surface area contributed by atoms with E-state index < -0.39 is 0 Å². The first-order valence-corrected chi connectivity index (χ1v) is 4.28. The minimum atomic E-state index is 0.205. The average Bonchev–Trinajstić information content (AvgIpc) is 2.61. The van der Waals surface area contributed by atoms with Crippen LogP contribution in [0.4, 0.5) is 0 Å². The number of nitrogens with zero attached hydrogens (tertiary/aromatic N) is 3. The molecule has 1 aliphatic rings. The molecule has 0 spiro atoms. The molecule has 0 atom stereocenters. The molecule has 0 amide bonds. The highest BCUT2D eigenvalue weighted by Crippen LogP contribution is 2.36. The smallest absolute Gasteiger partial charge is 0.231 e. The van der Waals surface area contributed by atoms with Gasteiger partial charge in [-0.2, -0.15) is 0 Å². The van der Waals surface area contributed by atoms with Gasteiger partial charge >= 0.3 is 0 Å². The lowest BCUT2D eigenvalue weighted by atomic mass is 10.2. The maximum absolute atomic E-state index is 8.17. The van der Waals surface area contributed by atoms with Gasteiger partial charge < -0.3 is 9.47 Å². The van der Waals surface area contributed by atoms with Gasteiger partial charge in [-0.15, -0.1) is 0 Å². The van der Waals surface area contributed by atoms with Gasteiger partial charge in [-0.05, 0) is 17.2 Å². The molecule has 0 bridgehead atoms. The zero-order valence-corrected chi connectivity index (χ0v) is 7.86. The molecule has 0 unspecified atom stereocenters. The van der Waals surface area contributed by atoms with E-state index in [1.165, 1.54) is 0 Å². The summed E-state index contributed by atoms with van der Waals surface area (Å²) in [6, 6.07) is 3.38. The standard InChI is InChI=1S/C8H6ClN3O2/c9-6-2-8-7(13-4-14-8)1-5(6)3-11-12-10/h1-2H,3-4H2. The first-order chi connectivity index (χ1) is 6.81. The Hall–Kier alpha value is -1.58. The van der Waals surface area contributed by atoms with E-state index in [1.807, 2.05) is 0 Å². The summed E-state index contributed by atoms with van der Waals surface area (Å²) in [5.41, 5.74) is 8.90. The van der Waals surface area contributed by atoms with Crippen LogP contribution >= 0.6 is 11.6 Å². The number of hydrogen-bond donors (Lipinski definition) is 0. The number of rotatable bonds is 2. The Labute approximate surface area is 84.8 Å². The van der Waals surface area contributed by atoms with Gasteiger partial charge in [0.1, 0.15) is 0 Å². The van der Waals surface area contributed by atoms with Crippen LogP contribution in [0, 0.1) is 0 Å². The summed E-state index contributed by atoms with van der Waals surface area (Å²) in [6.45, 7) is 0.419. The molecular weight excluding hydrogens is 206 g/mol. The highest BCUT2D eigenvalue weighted by molar-refractivity contribution is 6.31. The van der Waals surface area contributed by atoms with Crippen molar-refractivity contribution in [3.8, 4) is 11.5 Å². The minimum absolute atomic E-state index is 0.205. The van der Waals surface area contributed by atoms with Gasteiger partial charge in [0, 0.05) is 16.0 Å². The summed E-state index contributed by atoms with van der Waals surface area (Å²) in [7, 11) is 0. The molecule has 0 saturated heterocycles. The quantitative estimate of drug-likeness (QED) is 0.429. The zero-order chi connectivity index (χ0) is 9.97. The first-order valence-electron chi connectivity index (χ1n) is 3.90. The molecule has 0 N–H and O–H groups in total. The first kappa shape index (κ1) is 8.99. The molecule has 2 rings (SSSR count). The van der Waals surface area contributed by atoms with Gasteiger partial charge in [0.05, 0.1) is 6.54 Å². The van der Waals surface area contributed by atoms with Crippen molar-refractivity contribution in [3.05, 3.63) is 33.2 Å². The molecular formula is C8H6ClN3O2. The molecule has 0 aromatic heterocycles. The molecule has 1 aromatic rings. The van der Waals surface area contributed by atoms with Gasteiger partial charge in [0.25, 0.3) is 0 Å². The molecule has 5 nitrogen and oxygen atoms in total. The summed E-state index contributed by atoms with van der Waals surface area (Å²) in [5.74, 6) is 1.26. The van der Waals surface area contributed by atoms with Crippen LogP contribution in [0.15, 0.2) is 17.2 Å². The van der Waals surface area contributed by atoms with Crippen LogP contribution in [0.1, 0.15) is 5.56 Å². The predicted molar refractivity (Wildman–Crippen MR) is 50.4 cm³/mol. The van der Waals surface area contributed by atoms with Crippen LogP contribution in [0.2, 0.25) is 5.02 Å².